The summed E-state index contributed by atoms with van der Waals surface area (Å²) in [7, 11) is 0. The van der Waals surface area contributed by atoms with E-state index in [0.29, 0.717) is 12.5 Å². The molecule has 21 heavy (non-hydrogen) atoms. The highest BCUT2D eigenvalue weighted by Crippen LogP contribution is 2.22. The van der Waals surface area contributed by atoms with E-state index in [-0.39, 0.29) is 11.9 Å². The highest BCUT2D eigenvalue weighted by atomic mass is 16.2. The van der Waals surface area contributed by atoms with Gasteiger partial charge in [-0.3, -0.25) is 9.69 Å². The second-order valence-electron chi connectivity index (χ2n) is 6.25. The third-order valence-corrected chi connectivity index (χ3v) is 4.80. The molecule has 2 fully saturated rings. The number of likely N-dealkylation sites (tertiary alicyclic amines) is 2. The molecule has 0 aromatic heterocycles. The van der Waals surface area contributed by atoms with Crippen LogP contribution in [-0.4, -0.2) is 47.9 Å². The molecule has 2 unspecified atom stereocenters. The van der Waals surface area contributed by atoms with E-state index >= 15 is 0 Å². The van der Waals surface area contributed by atoms with Crippen molar-refractivity contribution in [2.45, 2.75) is 37.8 Å². The summed E-state index contributed by atoms with van der Waals surface area (Å²) >= 11 is 0. The van der Waals surface area contributed by atoms with Crippen molar-refractivity contribution in [2.75, 3.05) is 26.2 Å². The number of rotatable bonds is 4. The lowest BCUT2D eigenvalue weighted by molar-refractivity contribution is -0.130. The van der Waals surface area contributed by atoms with Gasteiger partial charge in [0.2, 0.25) is 5.91 Å². The number of nitrogens with zero attached hydrogens (tertiary/aromatic N) is 2. The fourth-order valence-electron chi connectivity index (χ4n) is 3.51. The summed E-state index contributed by atoms with van der Waals surface area (Å²) < 4.78 is 0. The highest BCUT2D eigenvalue weighted by Gasteiger charge is 2.31. The van der Waals surface area contributed by atoms with Crippen LogP contribution in [-0.2, 0) is 4.79 Å². The van der Waals surface area contributed by atoms with Gasteiger partial charge in [0.1, 0.15) is 0 Å². The van der Waals surface area contributed by atoms with Gasteiger partial charge < -0.3 is 10.6 Å². The Bertz CT molecular complexity index is 470. The van der Waals surface area contributed by atoms with Crippen LogP contribution in [0.2, 0.25) is 0 Å². The Kier molecular flexibility index (Phi) is 4.56. The molecule has 2 aliphatic rings. The Balaban J connectivity index is 1.52. The summed E-state index contributed by atoms with van der Waals surface area (Å²) in [6, 6.07) is 10.3. The van der Waals surface area contributed by atoms with Crippen molar-refractivity contribution in [1.82, 2.24) is 9.80 Å². The summed E-state index contributed by atoms with van der Waals surface area (Å²) in [5, 5.41) is 0. The van der Waals surface area contributed by atoms with E-state index in [2.05, 4.69) is 4.90 Å². The first kappa shape index (κ1) is 14.5. The molecule has 2 heterocycles. The molecular formula is C17H25N3O. The Labute approximate surface area is 126 Å². The number of carbonyl (C=O) groups is 1. The van der Waals surface area contributed by atoms with Crippen LogP contribution in [0.15, 0.2) is 30.3 Å². The summed E-state index contributed by atoms with van der Waals surface area (Å²) in [6.07, 6.45) is 4.15. The van der Waals surface area contributed by atoms with Gasteiger partial charge in [0.15, 0.2) is 0 Å². The monoisotopic (exact) mass is 287 g/mol. The average Bonchev–Trinajstić information content (AvgIpc) is 3.19. The number of benzene rings is 1. The minimum Gasteiger partial charge on any atom is -0.341 e. The quantitative estimate of drug-likeness (QED) is 0.918. The van der Waals surface area contributed by atoms with E-state index in [4.69, 9.17) is 5.73 Å². The molecular weight excluding hydrogens is 262 g/mol. The average molecular weight is 287 g/mol. The first-order chi connectivity index (χ1) is 10.2. The number of hydrogen-bond acceptors (Lipinski definition) is 3. The lowest BCUT2D eigenvalue weighted by Crippen LogP contribution is -2.37. The van der Waals surface area contributed by atoms with E-state index in [0.717, 1.165) is 25.1 Å². The predicted molar refractivity (Wildman–Crippen MR) is 83.8 cm³/mol. The van der Waals surface area contributed by atoms with Crippen LogP contribution in [0.1, 0.15) is 37.3 Å². The van der Waals surface area contributed by atoms with E-state index in [9.17, 15) is 4.79 Å². The molecule has 2 aliphatic heterocycles. The van der Waals surface area contributed by atoms with Crippen molar-refractivity contribution in [3.05, 3.63) is 35.9 Å². The number of amides is 1. The zero-order chi connectivity index (χ0) is 14.7. The van der Waals surface area contributed by atoms with Gasteiger partial charge in [-0.05, 0) is 37.9 Å². The minimum absolute atomic E-state index is 0.190. The molecule has 0 saturated carbocycles. The maximum Gasteiger partial charge on any atom is 0.224 e. The second kappa shape index (κ2) is 6.58. The molecule has 0 spiro atoms. The van der Waals surface area contributed by atoms with E-state index < -0.39 is 0 Å². The molecule has 1 aromatic rings. The molecule has 2 saturated heterocycles. The SMILES string of the molecule is NC(CC(=O)N1CCC(N2CCCC2)C1)c1ccccc1. The van der Waals surface area contributed by atoms with E-state index in [1.807, 2.05) is 35.2 Å². The van der Waals surface area contributed by atoms with E-state index in [1.54, 1.807) is 0 Å². The molecule has 1 aromatic carbocycles. The third kappa shape index (κ3) is 3.44. The van der Waals surface area contributed by atoms with Crippen molar-refractivity contribution < 1.29 is 4.79 Å². The molecule has 4 nitrogen and oxygen atoms in total. The normalized spacial score (nSPS) is 24.4. The van der Waals surface area contributed by atoms with Crippen LogP contribution in [0.25, 0.3) is 0 Å². The lowest BCUT2D eigenvalue weighted by atomic mass is 10.0. The van der Waals surface area contributed by atoms with Crippen LogP contribution in [0.4, 0.5) is 0 Å². The molecule has 114 valence electrons. The van der Waals surface area contributed by atoms with E-state index in [1.165, 1.54) is 25.9 Å². The maximum atomic E-state index is 12.4. The Morgan fingerprint density at radius 2 is 1.90 bits per heavy atom. The molecule has 0 radical (unpaired) electrons. The summed E-state index contributed by atoms with van der Waals surface area (Å²) in [5.41, 5.74) is 7.21. The topological polar surface area (TPSA) is 49.6 Å². The Morgan fingerprint density at radius 3 is 2.62 bits per heavy atom. The van der Waals surface area contributed by atoms with Gasteiger partial charge in [-0.15, -0.1) is 0 Å². The lowest BCUT2D eigenvalue weighted by Gasteiger charge is -2.24. The third-order valence-electron chi connectivity index (χ3n) is 4.80. The number of nitrogens with two attached hydrogens (primary N) is 1. The first-order valence-corrected chi connectivity index (χ1v) is 8.06. The van der Waals surface area contributed by atoms with Crippen LogP contribution in [0, 0.1) is 0 Å². The molecule has 2 atom stereocenters. The largest absolute Gasteiger partial charge is 0.341 e. The van der Waals surface area contributed by atoms with Gasteiger partial charge in [0.05, 0.1) is 0 Å². The van der Waals surface area contributed by atoms with Crippen molar-refractivity contribution in [3.8, 4) is 0 Å². The first-order valence-electron chi connectivity index (χ1n) is 8.06. The smallest absolute Gasteiger partial charge is 0.224 e. The zero-order valence-corrected chi connectivity index (χ0v) is 12.6. The van der Waals surface area contributed by atoms with Crippen LogP contribution in [0.5, 0.6) is 0 Å². The number of hydrogen-bond donors (Lipinski definition) is 1. The molecule has 0 aliphatic carbocycles. The standard InChI is InChI=1S/C17H25N3O/c18-16(14-6-2-1-3-7-14)12-17(21)20-11-8-15(13-20)19-9-4-5-10-19/h1-3,6-7,15-16H,4-5,8-13,18H2. The van der Waals surface area contributed by atoms with Crippen molar-refractivity contribution in [3.63, 3.8) is 0 Å². The van der Waals surface area contributed by atoms with Gasteiger partial charge in [-0.25, -0.2) is 0 Å². The van der Waals surface area contributed by atoms with Gasteiger partial charge >= 0.3 is 0 Å². The zero-order valence-electron chi connectivity index (χ0n) is 12.6. The van der Waals surface area contributed by atoms with Gasteiger partial charge in [0.25, 0.3) is 0 Å². The van der Waals surface area contributed by atoms with Crippen molar-refractivity contribution >= 4 is 5.91 Å². The predicted octanol–water partition coefficient (Wildman–Crippen LogP) is 1.77. The highest BCUT2D eigenvalue weighted by molar-refractivity contribution is 5.77. The second-order valence-corrected chi connectivity index (χ2v) is 6.25. The van der Waals surface area contributed by atoms with Gasteiger partial charge in [-0.2, -0.15) is 0 Å². The Hall–Kier alpha value is -1.39. The summed E-state index contributed by atoms with van der Waals surface area (Å²) in [4.78, 5) is 17.0. The van der Waals surface area contributed by atoms with Crippen molar-refractivity contribution in [2.24, 2.45) is 5.73 Å². The molecule has 3 rings (SSSR count). The minimum atomic E-state index is -0.190. The summed E-state index contributed by atoms with van der Waals surface area (Å²) in [5.74, 6) is 0.202. The maximum absolute atomic E-state index is 12.4. The fourth-order valence-corrected chi connectivity index (χ4v) is 3.51. The Morgan fingerprint density at radius 1 is 1.19 bits per heavy atom. The fraction of sp³-hybridized carbons (Fsp3) is 0.588. The number of carbonyl (C=O) groups excluding carboxylic acids is 1. The molecule has 1 amide bonds. The van der Waals surface area contributed by atoms with Crippen LogP contribution in [0.3, 0.4) is 0 Å². The van der Waals surface area contributed by atoms with Gasteiger partial charge in [0, 0.05) is 31.6 Å². The molecule has 2 N–H and O–H groups in total. The van der Waals surface area contributed by atoms with Gasteiger partial charge in [-0.1, -0.05) is 30.3 Å². The van der Waals surface area contributed by atoms with Crippen LogP contribution >= 0.6 is 0 Å². The van der Waals surface area contributed by atoms with Crippen molar-refractivity contribution in [1.29, 1.82) is 0 Å². The molecule has 4 heteroatoms. The van der Waals surface area contributed by atoms with Crippen LogP contribution < -0.4 is 5.73 Å². The molecule has 0 bridgehead atoms. The summed E-state index contributed by atoms with van der Waals surface area (Å²) in [6.45, 7) is 4.19.